The van der Waals surface area contributed by atoms with Crippen molar-refractivity contribution in [3.63, 3.8) is 0 Å². The molecule has 2 nitrogen and oxygen atoms in total. The predicted octanol–water partition coefficient (Wildman–Crippen LogP) is 4.20. The van der Waals surface area contributed by atoms with E-state index in [1.54, 1.807) is 0 Å². The molecular formula is C15H24ClNO. The Balaban J connectivity index is 2.51. The normalized spacial score (nSPS) is 12.6. The lowest BCUT2D eigenvalue weighted by atomic mass is 10.0. The molecule has 1 N–H and O–H groups in total. The average Bonchev–Trinajstić information content (AvgIpc) is 2.39. The fourth-order valence-corrected chi connectivity index (χ4v) is 2.06. The molecule has 0 aliphatic rings. The van der Waals surface area contributed by atoms with Crippen LogP contribution in [-0.4, -0.2) is 19.8 Å². The van der Waals surface area contributed by atoms with Gasteiger partial charge in [0.25, 0.3) is 0 Å². The minimum Gasteiger partial charge on any atom is -0.382 e. The van der Waals surface area contributed by atoms with Crippen LogP contribution in [0.4, 0.5) is 0 Å². The van der Waals surface area contributed by atoms with E-state index in [1.165, 1.54) is 5.56 Å². The molecule has 3 heteroatoms. The van der Waals surface area contributed by atoms with Crippen LogP contribution in [0, 0.1) is 0 Å². The van der Waals surface area contributed by atoms with E-state index in [-0.39, 0.29) is 0 Å². The molecule has 1 rings (SSSR count). The van der Waals surface area contributed by atoms with Gasteiger partial charge in [-0.15, -0.1) is 0 Å². The number of halogens is 1. The van der Waals surface area contributed by atoms with E-state index >= 15 is 0 Å². The van der Waals surface area contributed by atoms with Crippen molar-refractivity contribution in [1.29, 1.82) is 0 Å². The summed E-state index contributed by atoms with van der Waals surface area (Å²) in [5.74, 6) is 0. The van der Waals surface area contributed by atoms with Crippen LogP contribution in [0.15, 0.2) is 24.3 Å². The zero-order valence-electron chi connectivity index (χ0n) is 11.4. The fourth-order valence-electron chi connectivity index (χ4n) is 1.93. The molecule has 0 aromatic heterocycles. The summed E-state index contributed by atoms with van der Waals surface area (Å²) in [6.45, 7) is 6.91. The summed E-state index contributed by atoms with van der Waals surface area (Å²) < 4.78 is 5.39. The number of rotatable bonds is 9. The van der Waals surface area contributed by atoms with Gasteiger partial charge in [-0.05, 0) is 50.4 Å². The number of hydrogen-bond donors (Lipinski definition) is 1. The van der Waals surface area contributed by atoms with Crippen LogP contribution in [-0.2, 0) is 4.74 Å². The van der Waals surface area contributed by atoms with Gasteiger partial charge in [0.2, 0.25) is 0 Å². The molecule has 102 valence electrons. The van der Waals surface area contributed by atoms with Gasteiger partial charge in [-0.2, -0.15) is 0 Å². The van der Waals surface area contributed by atoms with Crippen molar-refractivity contribution in [3.05, 3.63) is 34.9 Å². The maximum Gasteiger partial charge on any atom is 0.0466 e. The largest absolute Gasteiger partial charge is 0.382 e. The number of nitrogens with one attached hydrogen (secondary N) is 1. The van der Waals surface area contributed by atoms with Gasteiger partial charge in [0.05, 0.1) is 0 Å². The lowest BCUT2D eigenvalue weighted by molar-refractivity contribution is 0.141. The highest BCUT2D eigenvalue weighted by Crippen LogP contribution is 2.20. The third-order valence-electron chi connectivity index (χ3n) is 2.90. The molecule has 0 aliphatic carbocycles. The van der Waals surface area contributed by atoms with Crippen molar-refractivity contribution < 1.29 is 4.74 Å². The Morgan fingerprint density at radius 3 is 2.56 bits per heavy atom. The van der Waals surface area contributed by atoms with Crippen molar-refractivity contribution in [3.8, 4) is 0 Å². The molecule has 0 fully saturated rings. The summed E-state index contributed by atoms with van der Waals surface area (Å²) in [6.07, 6.45) is 3.33. The van der Waals surface area contributed by atoms with Crippen LogP contribution >= 0.6 is 11.6 Å². The molecule has 1 aromatic rings. The Bertz CT molecular complexity index is 313. The first-order chi connectivity index (χ1) is 8.77. The van der Waals surface area contributed by atoms with Crippen LogP contribution in [0.25, 0.3) is 0 Å². The Morgan fingerprint density at radius 2 is 1.94 bits per heavy atom. The zero-order chi connectivity index (χ0) is 13.2. The minimum absolute atomic E-state index is 0.405. The zero-order valence-corrected chi connectivity index (χ0v) is 12.2. The maximum absolute atomic E-state index is 5.93. The highest BCUT2D eigenvalue weighted by Gasteiger charge is 2.09. The second-order valence-corrected chi connectivity index (χ2v) is 4.83. The van der Waals surface area contributed by atoms with E-state index < -0.39 is 0 Å². The molecule has 1 unspecified atom stereocenters. The highest BCUT2D eigenvalue weighted by atomic mass is 35.5. The third kappa shape index (κ3) is 5.85. The van der Waals surface area contributed by atoms with Gasteiger partial charge in [-0.25, -0.2) is 0 Å². The van der Waals surface area contributed by atoms with Crippen LogP contribution in [0.5, 0.6) is 0 Å². The molecule has 0 amide bonds. The molecule has 18 heavy (non-hydrogen) atoms. The Morgan fingerprint density at radius 1 is 1.22 bits per heavy atom. The highest BCUT2D eigenvalue weighted by molar-refractivity contribution is 6.30. The molecule has 0 saturated carbocycles. The van der Waals surface area contributed by atoms with E-state index in [0.717, 1.165) is 44.0 Å². The lowest BCUT2D eigenvalue weighted by Crippen LogP contribution is -2.22. The molecule has 0 heterocycles. The van der Waals surface area contributed by atoms with Crippen LogP contribution in [0.3, 0.4) is 0 Å². The summed E-state index contributed by atoms with van der Waals surface area (Å²) in [6, 6.07) is 8.54. The lowest BCUT2D eigenvalue weighted by Gasteiger charge is -2.19. The van der Waals surface area contributed by atoms with Crippen LogP contribution in [0.1, 0.15) is 44.7 Å². The molecule has 0 bridgehead atoms. The fraction of sp³-hybridized carbons (Fsp3) is 0.600. The van der Waals surface area contributed by atoms with Crippen molar-refractivity contribution in [2.24, 2.45) is 0 Å². The second-order valence-electron chi connectivity index (χ2n) is 4.40. The standard InChI is InChI=1S/C15H24ClNO/c1-3-11-17-15(6-5-12-18-4-2)13-7-9-14(16)10-8-13/h7-10,15,17H,3-6,11-12H2,1-2H3. The number of hydrogen-bond acceptors (Lipinski definition) is 2. The third-order valence-corrected chi connectivity index (χ3v) is 3.15. The molecule has 1 atom stereocenters. The summed E-state index contributed by atoms with van der Waals surface area (Å²) in [4.78, 5) is 0. The quantitative estimate of drug-likeness (QED) is 0.679. The van der Waals surface area contributed by atoms with Gasteiger partial charge < -0.3 is 10.1 Å². The molecule has 0 spiro atoms. The first-order valence-corrected chi connectivity index (χ1v) is 7.22. The summed E-state index contributed by atoms with van der Waals surface area (Å²) in [5, 5.41) is 4.38. The van der Waals surface area contributed by atoms with Crippen molar-refractivity contribution in [2.45, 2.75) is 39.2 Å². The smallest absolute Gasteiger partial charge is 0.0466 e. The van der Waals surface area contributed by atoms with Gasteiger partial charge in [0.1, 0.15) is 0 Å². The van der Waals surface area contributed by atoms with Gasteiger partial charge >= 0.3 is 0 Å². The van der Waals surface area contributed by atoms with E-state index in [9.17, 15) is 0 Å². The second kappa shape index (κ2) is 9.37. The van der Waals surface area contributed by atoms with Gasteiger partial charge in [0.15, 0.2) is 0 Å². The SMILES string of the molecule is CCCNC(CCCOCC)c1ccc(Cl)cc1. The van der Waals surface area contributed by atoms with E-state index in [4.69, 9.17) is 16.3 Å². The molecule has 1 aromatic carbocycles. The summed E-state index contributed by atoms with van der Waals surface area (Å²) in [7, 11) is 0. The molecule has 0 aliphatic heterocycles. The van der Waals surface area contributed by atoms with Gasteiger partial charge in [-0.3, -0.25) is 0 Å². The van der Waals surface area contributed by atoms with E-state index in [1.807, 2.05) is 19.1 Å². The molecule has 0 radical (unpaired) electrons. The molecule has 0 saturated heterocycles. The first-order valence-electron chi connectivity index (χ1n) is 6.84. The summed E-state index contributed by atoms with van der Waals surface area (Å²) >= 11 is 5.93. The van der Waals surface area contributed by atoms with E-state index in [2.05, 4.69) is 24.4 Å². The van der Waals surface area contributed by atoms with Gasteiger partial charge in [-0.1, -0.05) is 30.7 Å². The van der Waals surface area contributed by atoms with Crippen molar-refractivity contribution in [2.75, 3.05) is 19.8 Å². The average molecular weight is 270 g/mol. The summed E-state index contributed by atoms with van der Waals surface area (Å²) in [5.41, 5.74) is 1.31. The topological polar surface area (TPSA) is 21.3 Å². The van der Waals surface area contributed by atoms with E-state index in [0.29, 0.717) is 6.04 Å². The van der Waals surface area contributed by atoms with Crippen LogP contribution < -0.4 is 5.32 Å². The predicted molar refractivity (Wildman–Crippen MR) is 78.2 cm³/mol. The van der Waals surface area contributed by atoms with Gasteiger partial charge in [0, 0.05) is 24.3 Å². The number of benzene rings is 1. The minimum atomic E-state index is 0.405. The molecular weight excluding hydrogens is 246 g/mol. The van der Waals surface area contributed by atoms with Crippen molar-refractivity contribution >= 4 is 11.6 Å². The Hall–Kier alpha value is -0.570. The number of ether oxygens (including phenoxy) is 1. The Kier molecular flexibility index (Phi) is 8.06. The first kappa shape index (κ1) is 15.5. The van der Waals surface area contributed by atoms with Crippen LogP contribution in [0.2, 0.25) is 5.02 Å². The van der Waals surface area contributed by atoms with Crippen molar-refractivity contribution in [1.82, 2.24) is 5.32 Å². The maximum atomic E-state index is 5.93. The Labute approximate surface area is 116 Å². The monoisotopic (exact) mass is 269 g/mol.